The number of carbonyl (C=O) groups is 4. The second-order valence-corrected chi connectivity index (χ2v) is 16.9. The molecular weight excluding hydrogens is 761 g/mol. The Balaban J connectivity index is 1.01. The molecule has 316 valence electrons. The van der Waals surface area contributed by atoms with Crippen LogP contribution in [0.4, 0.5) is 9.59 Å². The smallest absolute Gasteiger partial charge is 0.407 e. The average molecular weight is 817 g/mol. The largest absolute Gasteiger partial charge is 0.453 e. The SMILES string of the molecule is COC(=O)N[C@H](C(=O)N1[C@@H](C)CC[C@H]1C1=NC=C(c2ccc(-c3ccc4nc(-c5cnc([C@@H]6CC[C@H](C)N6C(=O)[C@@H](NC(=O)OC)C(C)C)[nH]5)ccc4c3)cc2)C1)C(C)C. The molecule has 14 heteroatoms. The molecule has 3 N–H and O–H groups in total. The molecule has 60 heavy (non-hydrogen) atoms. The van der Waals surface area contributed by atoms with Crippen LogP contribution in [0.3, 0.4) is 0 Å². The maximum Gasteiger partial charge on any atom is 0.407 e. The van der Waals surface area contributed by atoms with Crippen LogP contribution in [0.2, 0.25) is 0 Å². The van der Waals surface area contributed by atoms with Gasteiger partial charge in [0.15, 0.2) is 0 Å². The lowest BCUT2D eigenvalue weighted by Gasteiger charge is -2.33. The van der Waals surface area contributed by atoms with E-state index in [-0.39, 0.29) is 47.8 Å². The molecule has 2 saturated heterocycles. The van der Waals surface area contributed by atoms with Crippen LogP contribution in [-0.2, 0) is 19.1 Å². The number of rotatable bonds is 11. The van der Waals surface area contributed by atoms with Gasteiger partial charge in [-0.1, -0.05) is 64.1 Å². The number of nitrogens with zero attached hydrogens (tertiary/aromatic N) is 5. The molecule has 0 bridgehead atoms. The molecule has 0 saturated carbocycles. The first-order valence-electron chi connectivity index (χ1n) is 20.9. The molecule has 2 fully saturated rings. The van der Waals surface area contributed by atoms with Gasteiger partial charge < -0.3 is 34.9 Å². The number of aromatic amines is 1. The summed E-state index contributed by atoms with van der Waals surface area (Å²) in [4.78, 5) is 73.4. The van der Waals surface area contributed by atoms with Gasteiger partial charge >= 0.3 is 12.2 Å². The molecule has 5 heterocycles. The summed E-state index contributed by atoms with van der Waals surface area (Å²) in [6.45, 7) is 11.7. The maximum absolute atomic E-state index is 13.8. The van der Waals surface area contributed by atoms with Gasteiger partial charge in [0, 0.05) is 35.8 Å². The van der Waals surface area contributed by atoms with Gasteiger partial charge in [-0.3, -0.25) is 14.6 Å². The van der Waals surface area contributed by atoms with E-state index in [0.29, 0.717) is 12.2 Å². The summed E-state index contributed by atoms with van der Waals surface area (Å²) in [7, 11) is 2.59. The number of aromatic nitrogens is 3. The minimum atomic E-state index is -0.715. The van der Waals surface area contributed by atoms with Crippen LogP contribution >= 0.6 is 0 Å². The zero-order valence-electron chi connectivity index (χ0n) is 35.7. The number of amides is 4. The van der Waals surface area contributed by atoms with Crippen LogP contribution in [0, 0.1) is 11.8 Å². The van der Waals surface area contributed by atoms with Gasteiger partial charge in [-0.15, -0.1) is 0 Å². The molecule has 6 atom stereocenters. The number of alkyl carbamates (subject to hydrolysis) is 2. The zero-order chi connectivity index (χ0) is 42.8. The van der Waals surface area contributed by atoms with Gasteiger partial charge in [0.2, 0.25) is 11.8 Å². The number of hydrogen-bond acceptors (Lipinski definition) is 9. The fraction of sp³-hybridized carbons (Fsp3) is 0.457. The number of nitrogens with one attached hydrogen (secondary N) is 3. The predicted octanol–water partition coefficient (Wildman–Crippen LogP) is 7.67. The highest BCUT2D eigenvalue weighted by molar-refractivity contribution is 6.04. The Morgan fingerprint density at radius 3 is 1.90 bits per heavy atom. The van der Waals surface area contributed by atoms with Crippen molar-refractivity contribution in [3.8, 4) is 22.5 Å². The van der Waals surface area contributed by atoms with Crippen LogP contribution in [0.25, 0.3) is 39.0 Å². The minimum Gasteiger partial charge on any atom is -0.453 e. The Morgan fingerprint density at radius 2 is 1.30 bits per heavy atom. The van der Waals surface area contributed by atoms with E-state index in [2.05, 4.69) is 65.0 Å². The molecule has 3 aliphatic rings. The number of hydrogen-bond donors (Lipinski definition) is 3. The first-order valence-corrected chi connectivity index (χ1v) is 20.9. The Labute approximate surface area is 351 Å². The number of aliphatic imine (C=N–C) groups is 1. The molecule has 3 aliphatic heterocycles. The molecular formula is C46H56N8O6. The molecule has 7 rings (SSSR count). The monoisotopic (exact) mass is 816 g/mol. The number of likely N-dealkylation sites (tertiary alicyclic amines) is 2. The van der Waals surface area contributed by atoms with E-state index in [0.717, 1.165) is 75.9 Å². The van der Waals surface area contributed by atoms with E-state index in [1.54, 1.807) is 6.20 Å². The third-order valence-corrected chi connectivity index (χ3v) is 12.2. The summed E-state index contributed by atoms with van der Waals surface area (Å²) < 4.78 is 9.59. The van der Waals surface area contributed by atoms with E-state index in [4.69, 9.17) is 24.4 Å². The Morgan fingerprint density at radius 1 is 0.733 bits per heavy atom. The number of carbonyl (C=O) groups excluding carboxylic acids is 4. The van der Waals surface area contributed by atoms with Crippen LogP contribution < -0.4 is 10.6 Å². The second kappa shape index (κ2) is 17.7. The summed E-state index contributed by atoms with van der Waals surface area (Å²) in [6, 6.07) is 17.0. The van der Waals surface area contributed by atoms with Crippen molar-refractivity contribution >= 4 is 46.2 Å². The number of imidazole rings is 1. The summed E-state index contributed by atoms with van der Waals surface area (Å²) in [6.07, 6.45) is 6.37. The average Bonchev–Trinajstić information content (AvgIpc) is 4.08. The lowest BCUT2D eigenvalue weighted by atomic mass is 9.95. The maximum atomic E-state index is 13.8. The van der Waals surface area contributed by atoms with Gasteiger partial charge in [0.1, 0.15) is 17.9 Å². The minimum absolute atomic E-state index is 0.0129. The number of ether oxygens (including phenoxy) is 2. The molecule has 0 spiro atoms. The molecule has 2 aromatic carbocycles. The van der Waals surface area contributed by atoms with E-state index in [1.165, 1.54) is 14.2 Å². The molecule has 0 unspecified atom stereocenters. The van der Waals surface area contributed by atoms with Crippen molar-refractivity contribution in [3.05, 3.63) is 78.4 Å². The first-order chi connectivity index (χ1) is 28.8. The molecule has 0 aliphatic carbocycles. The second-order valence-electron chi connectivity index (χ2n) is 16.9. The number of allylic oxidation sites excluding steroid dienone is 1. The Kier molecular flexibility index (Phi) is 12.4. The number of benzene rings is 2. The van der Waals surface area contributed by atoms with Gasteiger partial charge in [-0.2, -0.15) is 0 Å². The van der Waals surface area contributed by atoms with E-state index < -0.39 is 24.3 Å². The fourth-order valence-electron chi connectivity index (χ4n) is 8.82. The number of pyridine rings is 1. The Hall–Kier alpha value is -6.05. The van der Waals surface area contributed by atoms with E-state index in [1.807, 2.05) is 62.8 Å². The number of fused-ring (bicyclic) bond motifs is 1. The fourth-order valence-corrected chi connectivity index (χ4v) is 8.82. The van der Waals surface area contributed by atoms with Gasteiger partial charge in [-0.05, 0) is 91.8 Å². The standard InChI is InChI=1S/C46H56N8O6/c1-25(2)40(51-45(57)59-7)43(55)53-27(5)9-19-38(53)36-22-33(23-47-36)30-13-11-29(12-14-30)31-15-17-34-32(21-31)16-18-35(49-34)37-24-48-42(50-37)39-20-10-28(6)54(39)44(56)41(26(3)4)52-46(58)60-8/h11-18,21,23-28,38-41H,9-10,19-20,22H2,1-8H3,(H,48,50)(H,51,57)(H,52,58)/t27-,28-,38-,39-,40-,41-/m0/s1. The highest BCUT2D eigenvalue weighted by Gasteiger charge is 2.43. The highest BCUT2D eigenvalue weighted by Crippen LogP contribution is 2.37. The van der Waals surface area contributed by atoms with Crippen molar-refractivity contribution in [2.24, 2.45) is 16.8 Å². The first kappa shape index (κ1) is 42.1. The van der Waals surface area contributed by atoms with Crippen molar-refractivity contribution < 1.29 is 28.7 Å². The van der Waals surface area contributed by atoms with E-state index >= 15 is 0 Å². The normalized spacial score (nSPS) is 21.2. The lowest BCUT2D eigenvalue weighted by molar-refractivity contribution is -0.137. The summed E-state index contributed by atoms with van der Waals surface area (Å²) in [5.41, 5.74) is 7.65. The Bertz CT molecular complexity index is 2320. The third-order valence-electron chi connectivity index (χ3n) is 12.2. The van der Waals surface area contributed by atoms with Crippen molar-refractivity contribution in [2.45, 2.75) is 110 Å². The predicted molar refractivity (Wildman–Crippen MR) is 231 cm³/mol. The van der Waals surface area contributed by atoms with Crippen LogP contribution in [0.15, 0.2) is 72.0 Å². The quantitative estimate of drug-likeness (QED) is 0.138. The summed E-state index contributed by atoms with van der Waals surface area (Å²) in [5.74, 6) is 0.207. The highest BCUT2D eigenvalue weighted by atomic mass is 16.5. The van der Waals surface area contributed by atoms with Crippen molar-refractivity contribution in [3.63, 3.8) is 0 Å². The molecule has 4 amide bonds. The number of methoxy groups -OCH3 is 2. The van der Waals surface area contributed by atoms with Crippen molar-refractivity contribution in [1.82, 2.24) is 35.4 Å². The summed E-state index contributed by atoms with van der Waals surface area (Å²) in [5, 5.41) is 6.46. The van der Waals surface area contributed by atoms with Crippen molar-refractivity contribution in [2.75, 3.05) is 14.2 Å². The van der Waals surface area contributed by atoms with Gasteiger partial charge in [-0.25, -0.2) is 19.6 Å². The van der Waals surface area contributed by atoms with Crippen LogP contribution in [0.1, 0.15) is 91.1 Å². The lowest BCUT2D eigenvalue weighted by Crippen LogP contribution is -2.55. The van der Waals surface area contributed by atoms with Crippen LogP contribution in [-0.4, -0.2) is 98.9 Å². The van der Waals surface area contributed by atoms with Crippen molar-refractivity contribution in [1.29, 1.82) is 0 Å². The molecule has 4 aromatic rings. The molecule has 2 aromatic heterocycles. The summed E-state index contributed by atoms with van der Waals surface area (Å²) >= 11 is 0. The molecule has 14 nitrogen and oxygen atoms in total. The zero-order valence-corrected chi connectivity index (χ0v) is 35.7. The van der Waals surface area contributed by atoms with Gasteiger partial charge in [0.25, 0.3) is 0 Å². The molecule has 0 radical (unpaired) electrons. The van der Waals surface area contributed by atoms with Gasteiger partial charge in [0.05, 0.1) is 49.4 Å². The third kappa shape index (κ3) is 8.50. The number of H-pyrrole nitrogens is 1. The van der Waals surface area contributed by atoms with Crippen LogP contribution in [0.5, 0.6) is 0 Å². The topological polar surface area (TPSA) is 171 Å². The van der Waals surface area contributed by atoms with E-state index in [9.17, 15) is 19.2 Å².